The van der Waals surface area contributed by atoms with E-state index in [1.54, 1.807) is 13.8 Å². The number of amides is 1. The van der Waals surface area contributed by atoms with Gasteiger partial charge in [0.15, 0.2) is 0 Å². The average molecular weight is 498 g/mol. The van der Waals surface area contributed by atoms with Crippen LogP contribution in [0.5, 0.6) is 0 Å². The van der Waals surface area contributed by atoms with Gasteiger partial charge in [-0.25, -0.2) is 4.79 Å². The smallest absolute Gasteiger partial charge is 0.326 e. The maximum Gasteiger partial charge on any atom is 0.326 e. The number of carboxylic acids is 1. The Morgan fingerprint density at radius 1 is 0.892 bits per heavy atom. The fraction of sp³-hybridized carbons (Fsp3) is 0.344. The number of aliphatic carboxylic acids is 1. The SMILES string of the molecule is CCC(C)(C)C(=O)C(=O)N1C(CCC(c2ccccc2)c2ccccc2)c2ccccc2C[C@H]1C(=O)O. The number of carboxylic acid groups (broad SMARTS) is 1. The molecule has 0 saturated carbocycles. The first-order valence-electron chi connectivity index (χ1n) is 13.0. The molecular weight excluding hydrogens is 462 g/mol. The number of carbonyl (C=O) groups excluding carboxylic acids is 2. The molecule has 1 N–H and O–H groups in total. The maximum absolute atomic E-state index is 13.7. The van der Waals surface area contributed by atoms with Crippen LogP contribution in [0, 0.1) is 5.41 Å². The van der Waals surface area contributed by atoms with Crippen molar-refractivity contribution < 1.29 is 19.5 Å². The minimum absolute atomic E-state index is 0.0690. The highest BCUT2D eigenvalue weighted by Gasteiger charge is 2.45. The molecule has 0 radical (unpaired) electrons. The summed E-state index contributed by atoms with van der Waals surface area (Å²) in [6.45, 7) is 5.36. The molecule has 192 valence electrons. The summed E-state index contributed by atoms with van der Waals surface area (Å²) in [6, 6.07) is 26.6. The first-order chi connectivity index (χ1) is 17.7. The molecule has 0 bridgehead atoms. The van der Waals surface area contributed by atoms with Crippen LogP contribution in [0.3, 0.4) is 0 Å². The molecule has 0 aromatic heterocycles. The molecule has 1 heterocycles. The molecule has 5 nitrogen and oxygen atoms in total. The second-order valence-corrected chi connectivity index (χ2v) is 10.5. The van der Waals surface area contributed by atoms with Crippen molar-refractivity contribution in [1.29, 1.82) is 0 Å². The third-order valence-electron chi connectivity index (χ3n) is 7.84. The molecule has 2 atom stereocenters. The second-order valence-electron chi connectivity index (χ2n) is 10.5. The summed E-state index contributed by atoms with van der Waals surface area (Å²) >= 11 is 0. The summed E-state index contributed by atoms with van der Waals surface area (Å²) in [5.74, 6) is -2.25. The van der Waals surface area contributed by atoms with E-state index >= 15 is 0 Å². The third-order valence-corrected chi connectivity index (χ3v) is 7.84. The quantitative estimate of drug-likeness (QED) is 0.358. The number of ketones is 1. The first kappa shape index (κ1) is 26.3. The molecule has 0 spiro atoms. The zero-order chi connectivity index (χ0) is 26.6. The van der Waals surface area contributed by atoms with Gasteiger partial charge in [-0.15, -0.1) is 0 Å². The molecular formula is C32H35NO4. The van der Waals surface area contributed by atoms with Gasteiger partial charge >= 0.3 is 5.97 Å². The standard InChI is InChI=1S/C32H35NO4/c1-4-32(2,3)29(34)30(35)33-27(26-18-12-11-17-24(26)21-28(33)31(36)37)20-19-25(22-13-7-5-8-14-22)23-15-9-6-10-16-23/h5-18,25,27-28H,4,19-21H2,1-3H3,(H,36,37)/t27?,28-/m0/s1. The van der Waals surface area contributed by atoms with Gasteiger partial charge in [0.2, 0.25) is 5.78 Å². The number of hydrogen-bond donors (Lipinski definition) is 1. The molecule has 0 fully saturated rings. The number of carbonyl (C=O) groups is 3. The van der Waals surface area contributed by atoms with E-state index in [4.69, 9.17) is 0 Å². The van der Waals surface area contributed by atoms with Crippen LogP contribution in [0.2, 0.25) is 0 Å². The van der Waals surface area contributed by atoms with Crippen molar-refractivity contribution in [2.45, 2.75) is 64.5 Å². The molecule has 3 aromatic carbocycles. The van der Waals surface area contributed by atoms with Crippen LogP contribution in [-0.4, -0.2) is 33.7 Å². The largest absolute Gasteiger partial charge is 0.480 e. The lowest BCUT2D eigenvalue weighted by molar-refractivity contribution is -0.159. The van der Waals surface area contributed by atoms with Crippen LogP contribution in [-0.2, 0) is 20.8 Å². The molecule has 37 heavy (non-hydrogen) atoms. The van der Waals surface area contributed by atoms with Gasteiger partial charge in [-0.2, -0.15) is 0 Å². The summed E-state index contributed by atoms with van der Waals surface area (Å²) < 4.78 is 0. The van der Waals surface area contributed by atoms with Gasteiger partial charge in [0.25, 0.3) is 5.91 Å². The van der Waals surface area contributed by atoms with Crippen molar-refractivity contribution in [3.63, 3.8) is 0 Å². The lowest BCUT2D eigenvalue weighted by atomic mass is 9.80. The van der Waals surface area contributed by atoms with E-state index in [9.17, 15) is 19.5 Å². The fourth-order valence-electron chi connectivity index (χ4n) is 5.29. The Kier molecular flexibility index (Phi) is 7.91. The van der Waals surface area contributed by atoms with E-state index in [0.717, 1.165) is 22.3 Å². The molecule has 1 unspecified atom stereocenters. The van der Waals surface area contributed by atoms with Crippen LogP contribution in [0.1, 0.15) is 74.2 Å². The molecule has 0 saturated heterocycles. The Bertz CT molecular complexity index is 1210. The Morgan fingerprint density at radius 3 is 1.97 bits per heavy atom. The van der Waals surface area contributed by atoms with Crippen LogP contribution in [0.4, 0.5) is 0 Å². The van der Waals surface area contributed by atoms with Crippen molar-refractivity contribution in [3.05, 3.63) is 107 Å². The average Bonchev–Trinajstić information content (AvgIpc) is 2.93. The van der Waals surface area contributed by atoms with Crippen molar-refractivity contribution in [3.8, 4) is 0 Å². The molecule has 0 aliphatic carbocycles. The third kappa shape index (κ3) is 5.51. The topological polar surface area (TPSA) is 74.7 Å². The minimum atomic E-state index is -1.09. The van der Waals surface area contributed by atoms with E-state index in [-0.39, 0.29) is 12.3 Å². The van der Waals surface area contributed by atoms with Crippen molar-refractivity contribution in [2.75, 3.05) is 0 Å². The lowest BCUT2D eigenvalue weighted by Crippen LogP contribution is -2.55. The molecule has 4 rings (SSSR count). The number of fused-ring (bicyclic) bond motifs is 1. The minimum Gasteiger partial charge on any atom is -0.480 e. The highest BCUT2D eigenvalue weighted by atomic mass is 16.4. The van der Waals surface area contributed by atoms with Crippen LogP contribution in [0.25, 0.3) is 0 Å². The highest BCUT2D eigenvalue weighted by Crippen LogP contribution is 2.40. The second kappa shape index (κ2) is 11.1. The molecule has 5 heteroatoms. The van der Waals surface area contributed by atoms with Gasteiger partial charge in [0.1, 0.15) is 6.04 Å². The summed E-state index contributed by atoms with van der Waals surface area (Å²) in [6.07, 6.45) is 1.90. The summed E-state index contributed by atoms with van der Waals surface area (Å²) in [7, 11) is 0. The maximum atomic E-state index is 13.7. The van der Waals surface area contributed by atoms with E-state index in [2.05, 4.69) is 24.3 Å². The van der Waals surface area contributed by atoms with Gasteiger partial charge in [0, 0.05) is 17.8 Å². The number of Topliss-reactive ketones (excluding diaryl/α,β-unsaturated/α-hetero) is 1. The highest BCUT2D eigenvalue weighted by molar-refractivity contribution is 6.38. The number of rotatable bonds is 9. The van der Waals surface area contributed by atoms with E-state index in [1.807, 2.05) is 67.6 Å². The fourth-order valence-corrected chi connectivity index (χ4v) is 5.29. The van der Waals surface area contributed by atoms with Gasteiger partial charge in [-0.3, -0.25) is 9.59 Å². The normalized spacial score (nSPS) is 17.4. The Morgan fingerprint density at radius 2 is 1.43 bits per heavy atom. The predicted molar refractivity (Wildman–Crippen MR) is 144 cm³/mol. The van der Waals surface area contributed by atoms with Crippen molar-refractivity contribution in [2.24, 2.45) is 5.41 Å². The zero-order valence-electron chi connectivity index (χ0n) is 21.8. The number of nitrogens with zero attached hydrogens (tertiary/aromatic N) is 1. The molecule has 1 aliphatic heterocycles. The van der Waals surface area contributed by atoms with Crippen molar-refractivity contribution in [1.82, 2.24) is 4.90 Å². The van der Waals surface area contributed by atoms with Gasteiger partial charge in [0.05, 0.1) is 6.04 Å². The first-order valence-corrected chi connectivity index (χ1v) is 13.0. The Balaban J connectivity index is 1.75. The number of hydrogen-bond acceptors (Lipinski definition) is 3. The zero-order valence-corrected chi connectivity index (χ0v) is 21.8. The van der Waals surface area contributed by atoms with E-state index in [0.29, 0.717) is 19.3 Å². The predicted octanol–water partition coefficient (Wildman–Crippen LogP) is 6.18. The van der Waals surface area contributed by atoms with Gasteiger partial charge in [-0.05, 0) is 41.5 Å². The Hall–Kier alpha value is -3.73. The van der Waals surface area contributed by atoms with Crippen molar-refractivity contribution >= 4 is 17.7 Å². The number of benzene rings is 3. The van der Waals surface area contributed by atoms with Crippen LogP contribution in [0.15, 0.2) is 84.9 Å². The van der Waals surface area contributed by atoms with Gasteiger partial charge < -0.3 is 10.0 Å². The molecule has 1 amide bonds. The van der Waals surface area contributed by atoms with E-state index in [1.165, 1.54) is 4.90 Å². The summed E-state index contributed by atoms with van der Waals surface area (Å²) in [5, 5.41) is 10.2. The van der Waals surface area contributed by atoms with E-state index < -0.39 is 35.2 Å². The molecule has 3 aromatic rings. The monoisotopic (exact) mass is 497 g/mol. The summed E-state index contributed by atoms with van der Waals surface area (Å²) in [4.78, 5) is 40.9. The lowest BCUT2D eigenvalue weighted by Gasteiger charge is -2.42. The molecule has 1 aliphatic rings. The summed E-state index contributed by atoms with van der Waals surface area (Å²) in [5.41, 5.74) is 3.30. The van der Waals surface area contributed by atoms with Crippen LogP contribution < -0.4 is 0 Å². The van der Waals surface area contributed by atoms with Crippen LogP contribution >= 0.6 is 0 Å². The Labute approximate surface area is 219 Å². The van der Waals surface area contributed by atoms with Gasteiger partial charge in [-0.1, -0.05) is 106 Å².